The number of aromatic amines is 2. The van der Waals surface area contributed by atoms with E-state index in [1.165, 1.54) is 18.3 Å². The van der Waals surface area contributed by atoms with Crippen molar-refractivity contribution in [3.63, 3.8) is 0 Å². The second kappa shape index (κ2) is 6.22. The maximum Gasteiger partial charge on any atom is 0.198 e. The second-order valence-corrected chi connectivity index (χ2v) is 8.30. The van der Waals surface area contributed by atoms with Crippen molar-refractivity contribution in [2.75, 3.05) is 0 Å². The quantitative estimate of drug-likeness (QED) is 0.562. The van der Waals surface area contributed by atoms with Gasteiger partial charge in [0.05, 0.1) is 23.3 Å². The Morgan fingerprint density at radius 1 is 1.32 bits per heavy atom. The number of aromatic nitrogens is 3. The van der Waals surface area contributed by atoms with Crippen molar-refractivity contribution in [3.05, 3.63) is 53.7 Å². The summed E-state index contributed by atoms with van der Waals surface area (Å²) >= 11 is 0. The number of halogens is 1. The molecule has 0 saturated carbocycles. The number of rotatable bonds is 3. The summed E-state index contributed by atoms with van der Waals surface area (Å²) in [6.07, 6.45) is 5.28. The highest BCUT2D eigenvalue weighted by Crippen LogP contribution is 2.48. The van der Waals surface area contributed by atoms with Crippen LogP contribution in [0.15, 0.2) is 41.6 Å². The molecule has 3 aromatic rings. The molecule has 2 aromatic heterocycles. The highest BCUT2D eigenvalue weighted by molar-refractivity contribution is 6.02. The van der Waals surface area contributed by atoms with Gasteiger partial charge in [-0.3, -0.25) is 5.10 Å². The lowest BCUT2D eigenvalue weighted by atomic mass is 9.70. The molecule has 1 aliphatic rings. The molecule has 3 N–H and O–H groups in total. The predicted molar refractivity (Wildman–Crippen MR) is 107 cm³/mol. The van der Waals surface area contributed by atoms with Crippen LogP contribution in [0.25, 0.3) is 10.9 Å². The fraction of sp³-hybridized carbons (Fsp3) is 0.333. The molecule has 28 heavy (non-hydrogen) atoms. The van der Waals surface area contributed by atoms with Gasteiger partial charge in [-0.1, -0.05) is 20.8 Å². The molecule has 0 radical (unpaired) electrons. The molecule has 4 rings (SSSR count). The summed E-state index contributed by atoms with van der Waals surface area (Å²) in [6, 6.07) is 6.15. The average molecular weight is 382 g/mol. The Morgan fingerprint density at radius 2 is 2.11 bits per heavy atom. The first kappa shape index (κ1) is 18.3. The second-order valence-electron chi connectivity index (χ2n) is 8.30. The molecular weight excluding hydrogens is 359 g/mol. The van der Waals surface area contributed by atoms with Gasteiger partial charge in [-0.25, -0.2) is 9.38 Å². The molecule has 7 heteroatoms. The Kier molecular flexibility index (Phi) is 4.06. The molecule has 0 fully saturated rings. The van der Waals surface area contributed by atoms with Gasteiger partial charge in [0.1, 0.15) is 11.4 Å². The van der Waals surface area contributed by atoms with E-state index in [9.17, 15) is 9.50 Å². The molecule has 2 atom stereocenters. The fourth-order valence-electron chi connectivity index (χ4n) is 3.55. The zero-order valence-corrected chi connectivity index (χ0v) is 16.2. The van der Waals surface area contributed by atoms with Gasteiger partial charge in [0.2, 0.25) is 0 Å². The molecule has 146 valence electrons. The van der Waals surface area contributed by atoms with Crippen molar-refractivity contribution < 1.29 is 14.2 Å². The van der Waals surface area contributed by atoms with Gasteiger partial charge in [-0.2, -0.15) is 5.10 Å². The number of ether oxygens (including phenoxy) is 1. The molecule has 6 nitrogen and oxygen atoms in total. The summed E-state index contributed by atoms with van der Waals surface area (Å²) in [4.78, 5) is 7.13. The Labute approximate surface area is 162 Å². The smallest absolute Gasteiger partial charge is 0.198 e. The topological polar surface area (TPSA) is 86.3 Å². The molecule has 2 unspecified atom stereocenters. The number of H-pyrrole nitrogens is 2. The minimum atomic E-state index is -0.403. The number of fused-ring (bicyclic) bond motifs is 1. The first-order valence-electron chi connectivity index (χ1n) is 9.13. The van der Waals surface area contributed by atoms with Gasteiger partial charge < -0.3 is 14.8 Å². The first-order chi connectivity index (χ1) is 13.2. The van der Waals surface area contributed by atoms with E-state index in [0.29, 0.717) is 22.3 Å². The van der Waals surface area contributed by atoms with E-state index in [2.05, 4.69) is 47.9 Å². The zero-order chi connectivity index (χ0) is 20.1. The summed E-state index contributed by atoms with van der Waals surface area (Å²) in [7, 11) is 0. The molecule has 0 spiro atoms. The van der Waals surface area contributed by atoms with E-state index in [-0.39, 0.29) is 23.0 Å². The monoisotopic (exact) mass is 382 g/mol. The number of nitrogens with zero attached hydrogens (tertiary/aromatic N) is 2. The van der Waals surface area contributed by atoms with Crippen molar-refractivity contribution >= 4 is 22.9 Å². The minimum Gasteiger partial charge on any atom is -0.494 e. The molecule has 3 heterocycles. The van der Waals surface area contributed by atoms with Crippen molar-refractivity contribution in [2.45, 2.75) is 39.2 Å². The van der Waals surface area contributed by atoms with Gasteiger partial charge in [-0.05, 0) is 31.2 Å². The van der Waals surface area contributed by atoms with Gasteiger partial charge >= 0.3 is 0 Å². The van der Waals surface area contributed by atoms with Crippen LogP contribution < -0.4 is 0 Å². The Morgan fingerprint density at radius 3 is 2.86 bits per heavy atom. The third kappa shape index (κ3) is 2.87. The Hall–Kier alpha value is -3.09. The number of aromatic hydroxyl groups is 1. The van der Waals surface area contributed by atoms with Crippen LogP contribution in [-0.4, -0.2) is 32.1 Å². The van der Waals surface area contributed by atoms with Crippen LogP contribution in [0.5, 0.6) is 5.88 Å². The van der Waals surface area contributed by atoms with E-state index in [1.54, 1.807) is 12.3 Å². The SMILES string of the molecule is CC(C)(C)C1(C)OC=CC1c1cc(N=Cc2c(O)[nH]c3cc(F)ccc23)n[nH]1. The highest BCUT2D eigenvalue weighted by atomic mass is 19.1. The van der Waals surface area contributed by atoms with Crippen molar-refractivity contribution in [3.8, 4) is 5.88 Å². The van der Waals surface area contributed by atoms with E-state index in [1.807, 2.05) is 12.1 Å². The maximum atomic E-state index is 13.4. The molecule has 0 amide bonds. The highest BCUT2D eigenvalue weighted by Gasteiger charge is 2.48. The summed E-state index contributed by atoms with van der Waals surface area (Å²) in [6.45, 7) is 8.52. The molecule has 0 aliphatic carbocycles. The van der Waals surface area contributed by atoms with Gasteiger partial charge in [0.15, 0.2) is 11.7 Å². The van der Waals surface area contributed by atoms with Crippen molar-refractivity contribution in [2.24, 2.45) is 10.4 Å². The van der Waals surface area contributed by atoms with Crippen LogP contribution >= 0.6 is 0 Å². The van der Waals surface area contributed by atoms with Gasteiger partial charge in [0.25, 0.3) is 0 Å². The molecule has 0 bridgehead atoms. The van der Waals surface area contributed by atoms with Crippen LogP contribution in [0.4, 0.5) is 10.2 Å². The standard InChI is InChI=1S/C21H23FN4O2/c1-20(2,3)21(4)15(7-8-28-21)17-10-18(26-25-17)23-11-14-13-6-5-12(22)9-16(13)24-19(14)27/h5-11,15,24,27H,1-4H3,(H,25,26). The third-order valence-corrected chi connectivity index (χ3v) is 5.69. The number of hydrogen-bond acceptors (Lipinski definition) is 4. The van der Waals surface area contributed by atoms with Crippen molar-refractivity contribution in [1.29, 1.82) is 0 Å². The summed E-state index contributed by atoms with van der Waals surface area (Å²) < 4.78 is 19.3. The summed E-state index contributed by atoms with van der Waals surface area (Å²) in [5, 5.41) is 18.1. The number of nitrogens with one attached hydrogen (secondary N) is 2. The van der Waals surface area contributed by atoms with E-state index >= 15 is 0 Å². The van der Waals surface area contributed by atoms with Crippen LogP contribution in [0.2, 0.25) is 0 Å². The van der Waals surface area contributed by atoms with E-state index in [4.69, 9.17) is 4.74 Å². The third-order valence-electron chi connectivity index (χ3n) is 5.69. The summed E-state index contributed by atoms with van der Waals surface area (Å²) in [5.74, 6) is 0.0753. The summed E-state index contributed by atoms with van der Waals surface area (Å²) in [5.41, 5.74) is 1.42. The number of hydrogen-bond donors (Lipinski definition) is 3. The maximum absolute atomic E-state index is 13.4. The number of aliphatic imine (C=N–C) groups is 1. The normalized spacial score (nSPS) is 22.4. The Balaban J connectivity index is 1.63. The number of benzene rings is 1. The predicted octanol–water partition coefficient (Wildman–Crippen LogP) is 4.92. The largest absolute Gasteiger partial charge is 0.494 e. The van der Waals surface area contributed by atoms with Crippen LogP contribution in [0.3, 0.4) is 0 Å². The zero-order valence-electron chi connectivity index (χ0n) is 16.2. The van der Waals surface area contributed by atoms with Gasteiger partial charge in [0, 0.05) is 28.8 Å². The van der Waals surface area contributed by atoms with Crippen LogP contribution in [0, 0.1) is 11.2 Å². The molecule has 1 aromatic carbocycles. The van der Waals surface area contributed by atoms with E-state index < -0.39 is 5.60 Å². The Bertz CT molecular complexity index is 1090. The lowest BCUT2D eigenvalue weighted by molar-refractivity contribution is -0.0473. The molecule has 1 aliphatic heterocycles. The lowest BCUT2D eigenvalue weighted by Gasteiger charge is -2.41. The minimum absolute atomic E-state index is 0.0217. The van der Waals surface area contributed by atoms with E-state index in [0.717, 1.165) is 5.69 Å². The lowest BCUT2D eigenvalue weighted by Crippen LogP contribution is -2.44. The van der Waals surface area contributed by atoms with Gasteiger partial charge in [-0.15, -0.1) is 0 Å². The van der Waals surface area contributed by atoms with Crippen molar-refractivity contribution in [1.82, 2.24) is 15.2 Å². The van der Waals surface area contributed by atoms with Crippen LogP contribution in [-0.2, 0) is 4.74 Å². The molecule has 0 saturated heterocycles. The first-order valence-corrected chi connectivity index (χ1v) is 9.13. The average Bonchev–Trinajstić information content (AvgIpc) is 3.29. The molecular formula is C21H23FN4O2. The van der Waals surface area contributed by atoms with Crippen LogP contribution in [0.1, 0.15) is 44.9 Å². The fourth-order valence-corrected chi connectivity index (χ4v) is 3.55.